The standard InChI is InChI=1S/C12H19NO3/c1-8(14)9-5-12(9)6-13(7-12)10(15)16-11(2,3)4/h9H,5-7H2,1-4H3. The van der Waals surface area contributed by atoms with Gasteiger partial charge in [0.2, 0.25) is 0 Å². The number of amides is 1. The number of ether oxygens (including phenoxy) is 1. The van der Waals surface area contributed by atoms with Crippen molar-refractivity contribution in [2.45, 2.75) is 39.7 Å². The van der Waals surface area contributed by atoms with Gasteiger partial charge in [0.25, 0.3) is 0 Å². The molecule has 1 saturated carbocycles. The summed E-state index contributed by atoms with van der Waals surface area (Å²) in [6.07, 6.45) is 0.689. The van der Waals surface area contributed by atoms with E-state index in [0.29, 0.717) is 13.1 Å². The fourth-order valence-corrected chi connectivity index (χ4v) is 2.44. The van der Waals surface area contributed by atoms with Crippen LogP contribution in [0, 0.1) is 11.3 Å². The van der Waals surface area contributed by atoms with E-state index in [1.165, 1.54) is 0 Å². The number of carbonyl (C=O) groups is 2. The Balaban J connectivity index is 1.82. The van der Waals surface area contributed by atoms with Crippen LogP contribution in [0.3, 0.4) is 0 Å². The van der Waals surface area contributed by atoms with E-state index in [1.54, 1.807) is 11.8 Å². The van der Waals surface area contributed by atoms with Gasteiger partial charge in [-0.25, -0.2) is 4.79 Å². The molecule has 1 spiro atoms. The zero-order valence-electron chi connectivity index (χ0n) is 10.4. The van der Waals surface area contributed by atoms with Crippen molar-refractivity contribution in [1.82, 2.24) is 4.90 Å². The van der Waals surface area contributed by atoms with Crippen LogP contribution < -0.4 is 0 Å². The molecule has 1 heterocycles. The van der Waals surface area contributed by atoms with Gasteiger partial charge in [0.15, 0.2) is 0 Å². The zero-order valence-corrected chi connectivity index (χ0v) is 10.4. The molecule has 1 saturated heterocycles. The maximum absolute atomic E-state index is 11.7. The van der Waals surface area contributed by atoms with E-state index < -0.39 is 5.60 Å². The molecule has 0 radical (unpaired) electrons. The summed E-state index contributed by atoms with van der Waals surface area (Å²) in [6.45, 7) is 8.58. The van der Waals surface area contributed by atoms with Crippen molar-refractivity contribution in [1.29, 1.82) is 0 Å². The molecule has 1 amide bonds. The summed E-state index contributed by atoms with van der Waals surface area (Å²) >= 11 is 0. The average molecular weight is 225 g/mol. The van der Waals surface area contributed by atoms with Gasteiger partial charge < -0.3 is 9.64 Å². The number of nitrogens with zero attached hydrogens (tertiary/aromatic N) is 1. The Bertz CT molecular complexity index is 337. The molecule has 1 aliphatic carbocycles. The van der Waals surface area contributed by atoms with Crippen molar-refractivity contribution in [2.75, 3.05) is 13.1 Å². The Morgan fingerprint density at radius 3 is 2.25 bits per heavy atom. The van der Waals surface area contributed by atoms with E-state index in [2.05, 4.69) is 0 Å². The summed E-state index contributed by atoms with van der Waals surface area (Å²) in [5, 5.41) is 0. The van der Waals surface area contributed by atoms with Gasteiger partial charge in [-0.05, 0) is 34.1 Å². The number of Topliss-reactive ketones (excluding diaryl/α,β-unsaturated/α-hetero) is 1. The first-order chi connectivity index (χ1) is 7.23. The van der Waals surface area contributed by atoms with Gasteiger partial charge in [0, 0.05) is 24.4 Å². The third-order valence-corrected chi connectivity index (χ3v) is 3.34. The lowest BCUT2D eigenvalue weighted by molar-refractivity contribution is -0.120. The third kappa shape index (κ3) is 1.93. The second-order valence-electron chi connectivity index (χ2n) is 6.07. The van der Waals surface area contributed by atoms with E-state index in [9.17, 15) is 9.59 Å². The molecule has 1 unspecified atom stereocenters. The molecule has 0 aromatic rings. The van der Waals surface area contributed by atoms with Gasteiger partial charge in [0.1, 0.15) is 11.4 Å². The number of likely N-dealkylation sites (tertiary alicyclic amines) is 1. The van der Waals surface area contributed by atoms with Crippen LogP contribution >= 0.6 is 0 Å². The summed E-state index contributed by atoms with van der Waals surface area (Å²) in [6, 6.07) is 0. The molecule has 4 nitrogen and oxygen atoms in total. The van der Waals surface area contributed by atoms with Crippen LogP contribution in [-0.4, -0.2) is 35.5 Å². The summed E-state index contributed by atoms with van der Waals surface area (Å²) in [5.41, 5.74) is -0.327. The van der Waals surface area contributed by atoms with E-state index in [-0.39, 0.29) is 23.2 Å². The van der Waals surface area contributed by atoms with E-state index in [4.69, 9.17) is 4.74 Å². The monoisotopic (exact) mass is 225 g/mol. The predicted octanol–water partition coefficient (Wildman–Crippen LogP) is 1.83. The van der Waals surface area contributed by atoms with Crippen LogP contribution in [-0.2, 0) is 9.53 Å². The van der Waals surface area contributed by atoms with E-state index >= 15 is 0 Å². The number of rotatable bonds is 1. The molecule has 4 heteroatoms. The smallest absolute Gasteiger partial charge is 0.410 e. The highest BCUT2D eigenvalue weighted by Gasteiger charge is 2.64. The Morgan fingerprint density at radius 1 is 1.31 bits per heavy atom. The Kier molecular flexibility index (Phi) is 2.30. The van der Waals surface area contributed by atoms with Gasteiger partial charge in [-0.1, -0.05) is 0 Å². The van der Waals surface area contributed by atoms with Crippen molar-refractivity contribution >= 4 is 11.9 Å². The van der Waals surface area contributed by atoms with Crippen molar-refractivity contribution in [3.63, 3.8) is 0 Å². The summed E-state index contributed by atoms with van der Waals surface area (Å²) in [4.78, 5) is 24.5. The Morgan fingerprint density at radius 2 is 1.88 bits per heavy atom. The summed E-state index contributed by atoms with van der Waals surface area (Å²) in [7, 11) is 0. The molecule has 0 N–H and O–H groups in total. The molecular formula is C12H19NO3. The van der Waals surface area contributed by atoms with Crippen LogP contribution in [0.4, 0.5) is 4.79 Å². The molecule has 0 aromatic carbocycles. The number of hydrogen-bond donors (Lipinski definition) is 0. The first-order valence-electron chi connectivity index (χ1n) is 5.72. The van der Waals surface area contributed by atoms with Gasteiger partial charge >= 0.3 is 6.09 Å². The zero-order chi connectivity index (χ0) is 12.1. The third-order valence-electron chi connectivity index (χ3n) is 3.34. The molecule has 2 fully saturated rings. The quantitative estimate of drug-likeness (QED) is 0.684. The van der Waals surface area contributed by atoms with Crippen molar-refractivity contribution in [3.05, 3.63) is 0 Å². The average Bonchev–Trinajstić information content (AvgIpc) is 2.71. The molecule has 16 heavy (non-hydrogen) atoms. The van der Waals surface area contributed by atoms with Crippen molar-refractivity contribution in [3.8, 4) is 0 Å². The summed E-state index contributed by atoms with van der Waals surface area (Å²) in [5.74, 6) is 0.440. The lowest BCUT2D eigenvalue weighted by Gasteiger charge is -2.41. The molecule has 90 valence electrons. The van der Waals surface area contributed by atoms with Crippen LogP contribution in [0.2, 0.25) is 0 Å². The highest BCUT2D eigenvalue weighted by molar-refractivity contribution is 5.83. The van der Waals surface area contributed by atoms with Gasteiger partial charge in [-0.3, -0.25) is 4.79 Å². The summed E-state index contributed by atoms with van der Waals surface area (Å²) < 4.78 is 5.26. The Labute approximate surface area is 95.9 Å². The second kappa shape index (κ2) is 3.22. The molecule has 0 bridgehead atoms. The van der Waals surface area contributed by atoms with E-state index in [1.807, 2.05) is 20.8 Å². The highest BCUT2D eigenvalue weighted by atomic mass is 16.6. The van der Waals surface area contributed by atoms with Gasteiger partial charge in [-0.2, -0.15) is 0 Å². The first kappa shape index (κ1) is 11.4. The predicted molar refractivity (Wildman–Crippen MR) is 59.0 cm³/mol. The minimum atomic E-state index is -0.441. The lowest BCUT2D eigenvalue weighted by atomic mass is 9.93. The first-order valence-corrected chi connectivity index (χ1v) is 5.72. The lowest BCUT2D eigenvalue weighted by Crippen LogP contribution is -2.54. The molecular weight excluding hydrogens is 206 g/mol. The number of ketones is 1. The molecule has 0 aromatic heterocycles. The number of hydrogen-bond acceptors (Lipinski definition) is 3. The van der Waals surface area contributed by atoms with Crippen LogP contribution in [0.25, 0.3) is 0 Å². The van der Waals surface area contributed by atoms with Gasteiger partial charge in [-0.15, -0.1) is 0 Å². The fourth-order valence-electron chi connectivity index (χ4n) is 2.44. The maximum atomic E-state index is 11.7. The topological polar surface area (TPSA) is 46.6 Å². The number of carbonyl (C=O) groups excluding carboxylic acids is 2. The molecule has 1 atom stereocenters. The molecule has 2 aliphatic rings. The van der Waals surface area contributed by atoms with Crippen LogP contribution in [0.5, 0.6) is 0 Å². The van der Waals surface area contributed by atoms with Crippen molar-refractivity contribution < 1.29 is 14.3 Å². The van der Waals surface area contributed by atoms with Gasteiger partial charge in [0.05, 0.1) is 0 Å². The maximum Gasteiger partial charge on any atom is 0.410 e. The molecule has 1 aliphatic heterocycles. The minimum absolute atomic E-state index is 0.114. The van der Waals surface area contributed by atoms with Crippen LogP contribution in [0.15, 0.2) is 0 Å². The minimum Gasteiger partial charge on any atom is -0.444 e. The van der Waals surface area contributed by atoms with E-state index in [0.717, 1.165) is 6.42 Å². The SMILES string of the molecule is CC(=O)C1CC12CN(C(=O)OC(C)(C)C)C2. The fraction of sp³-hybridized carbons (Fsp3) is 0.833. The Hall–Kier alpha value is -1.06. The molecule has 2 rings (SSSR count). The largest absolute Gasteiger partial charge is 0.444 e. The van der Waals surface area contributed by atoms with Crippen LogP contribution in [0.1, 0.15) is 34.1 Å². The highest BCUT2D eigenvalue weighted by Crippen LogP contribution is 2.59. The van der Waals surface area contributed by atoms with Crippen molar-refractivity contribution in [2.24, 2.45) is 11.3 Å². The second-order valence-corrected chi connectivity index (χ2v) is 6.07. The normalized spacial score (nSPS) is 26.2.